The summed E-state index contributed by atoms with van der Waals surface area (Å²) in [6.07, 6.45) is 9.90. The van der Waals surface area contributed by atoms with Crippen LogP contribution in [0.15, 0.2) is 0 Å². The summed E-state index contributed by atoms with van der Waals surface area (Å²) in [4.78, 5) is 0. The molecule has 0 aliphatic rings. The fourth-order valence-electron chi connectivity index (χ4n) is 0. The standard InChI is InChI=1S/BH3.Ca.2ClH/h1H3;;2*1H/q;+2;;/p-2. The monoisotopic (exact) mass is 124 g/mol. The predicted octanol–water partition coefficient (Wildman–Crippen LogP) is -0.186. The van der Waals surface area contributed by atoms with Crippen molar-refractivity contribution >= 4 is 52.0 Å². The van der Waals surface area contributed by atoms with Crippen LogP contribution in [0.4, 0.5) is 0 Å². The zero-order valence-corrected chi connectivity index (χ0v) is 5.18. The van der Waals surface area contributed by atoms with Crippen molar-refractivity contribution in [3.63, 3.8) is 0 Å². The van der Waals surface area contributed by atoms with Crippen LogP contribution in [-0.2, 0) is 0 Å². The summed E-state index contributed by atoms with van der Waals surface area (Å²) < 4.78 is 0. The molecule has 4 heteroatoms. The third-order valence-electron chi connectivity index (χ3n) is 0. The van der Waals surface area contributed by atoms with Crippen molar-refractivity contribution in [2.45, 2.75) is 0 Å². The molecule has 0 radical (unpaired) electrons. The summed E-state index contributed by atoms with van der Waals surface area (Å²) in [5, 5.41) is 0. The molecule has 0 aromatic carbocycles. The van der Waals surface area contributed by atoms with Crippen molar-refractivity contribution in [1.29, 1.82) is 0 Å². The summed E-state index contributed by atoms with van der Waals surface area (Å²) in [7, 11) is 0. The Morgan fingerprint density at radius 3 is 1.25 bits per heavy atom. The van der Waals surface area contributed by atoms with Crippen LogP contribution in [-0.4, -0.2) is 39.3 Å². The third kappa shape index (κ3) is 9.08. The second kappa shape index (κ2) is 8.86. The van der Waals surface area contributed by atoms with E-state index in [1.807, 2.05) is 0 Å². The Bertz CT molecular complexity index is 6.00. The van der Waals surface area contributed by atoms with Gasteiger partial charge in [-0.15, -0.1) is 0 Å². The molecule has 0 heterocycles. The molecule has 0 aromatic rings. The van der Waals surface area contributed by atoms with E-state index in [1.165, 1.54) is 0 Å². The van der Waals surface area contributed by atoms with E-state index >= 15 is 0 Å². The van der Waals surface area contributed by atoms with Crippen molar-refractivity contribution in [2.75, 3.05) is 0 Å². The minimum atomic E-state index is -0.931. The molecule has 0 bridgehead atoms. The SMILES string of the molecule is B.[Cl][Ca][Cl]. The van der Waals surface area contributed by atoms with E-state index in [0.29, 0.717) is 0 Å². The molecule has 0 aliphatic carbocycles. The van der Waals surface area contributed by atoms with Gasteiger partial charge < -0.3 is 0 Å². The Labute approximate surface area is 51.2 Å². The van der Waals surface area contributed by atoms with E-state index < -0.39 is 30.8 Å². The molecule has 0 fully saturated rings. The number of hydrogen-bond donors (Lipinski definition) is 0. The van der Waals surface area contributed by atoms with Crippen molar-refractivity contribution in [1.82, 2.24) is 0 Å². The van der Waals surface area contributed by atoms with Crippen LogP contribution in [0.2, 0.25) is 0 Å². The van der Waals surface area contributed by atoms with Gasteiger partial charge in [0, 0.05) is 0 Å². The number of rotatable bonds is 0. The molecule has 0 nitrogen and oxygen atoms in total. The average molecular weight is 125 g/mol. The van der Waals surface area contributed by atoms with E-state index in [-0.39, 0.29) is 8.41 Å². The fraction of sp³-hybridized carbons (Fsp3) is 0. The zero-order valence-electron chi connectivity index (χ0n) is 1.46. The van der Waals surface area contributed by atoms with Gasteiger partial charge in [0.25, 0.3) is 0 Å². The molecule has 0 saturated heterocycles. The van der Waals surface area contributed by atoms with E-state index in [1.54, 1.807) is 0 Å². The molecule has 22 valence electrons. The number of hydrogen-bond acceptors (Lipinski definition) is 0. The van der Waals surface area contributed by atoms with Gasteiger partial charge in [0.15, 0.2) is 0 Å². The van der Waals surface area contributed by atoms with Crippen molar-refractivity contribution < 1.29 is 0 Å². The van der Waals surface area contributed by atoms with Crippen molar-refractivity contribution in [3.05, 3.63) is 0 Å². The van der Waals surface area contributed by atoms with Crippen molar-refractivity contribution in [2.24, 2.45) is 0 Å². The van der Waals surface area contributed by atoms with Gasteiger partial charge in [-0.05, 0) is 0 Å². The van der Waals surface area contributed by atoms with Gasteiger partial charge in [0.1, 0.15) is 0 Å². The fourth-order valence-corrected chi connectivity index (χ4v) is 0. The maximum atomic E-state index is 4.95. The quantitative estimate of drug-likeness (QED) is 0.393. The molecule has 0 unspecified atom stereocenters. The first-order valence-corrected chi connectivity index (χ1v) is 6.61. The molecule has 0 aliphatic heterocycles. The van der Waals surface area contributed by atoms with Gasteiger partial charge in [0.05, 0.1) is 8.41 Å². The van der Waals surface area contributed by atoms with E-state index in [2.05, 4.69) is 0 Å². The molecule has 0 saturated carbocycles. The van der Waals surface area contributed by atoms with Crippen LogP contribution < -0.4 is 0 Å². The molecule has 0 amide bonds. The van der Waals surface area contributed by atoms with Gasteiger partial charge in [-0.1, -0.05) is 0 Å². The molecule has 4 heavy (non-hydrogen) atoms. The minimum absolute atomic E-state index is 0. The Balaban J connectivity index is 0. The van der Waals surface area contributed by atoms with Crippen LogP contribution in [0.5, 0.6) is 0 Å². The van der Waals surface area contributed by atoms with Crippen LogP contribution in [0.3, 0.4) is 0 Å². The first kappa shape index (κ1) is 9.32. The molecule has 0 N–H and O–H groups in total. The molecular formula is H3BCaCl2. The van der Waals surface area contributed by atoms with E-state index in [4.69, 9.17) is 12.8 Å². The van der Waals surface area contributed by atoms with Gasteiger partial charge in [-0.3, -0.25) is 0 Å². The Morgan fingerprint density at radius 1 is 1.25 bits per heavy atom. The summed E-state index contributed by atoms with van der Waals surface area (Å²) >= 11 is -0.931. The van der Waals surface area contributed by atoms with Crippen LogP contribution >= 0.6 is 12.8 Å². The second-order valence-electron chi connectivity index (χ2n) is 0.101. The topological polar surface area (TPSA) is 0 Å². The first-order valence-electron chi connectivity index (χ1n) is 0.535. The van der Waals surface area contributed by atoms with Gasteiger partial charge in [0.2, 0.25) is 0 Å². The van der Waals surface area contributed by atoms with Crippen LogP contribution in [0.25, 0.3) is 0 Å². The molecule has 0 rings (SSSR count). The Morgan fingerprint density at radius 2 is 1.25 bits per heavy atom. The van der Waals surface area contributed by atoms with Crippen LogP contribution in [0, 0.1) is 0 Å². The zero-order chi connectivity index (χ0) is 2.71. The summed E-state index contributed by atoms with van der Waals surface area (Å²) in [5.41, 5.74) is 0. The maximum absolute atomic E-state index is 4.95. The van der Waals surface area contributed by atoms with E-state index in [9.17, 15) is 0 Å². The summed E-state index contributed by atoms with van der Waals surface area (Å²) in [5.74, 6) is 0. The molecule has 0 aromatic heterocycles. The van der Waals surface area contributed by atoms with Crippen LogP contribution in [0.1, 0.15) is 0 Å². The molecule has 0 atom stereocenters. The average Bonchev–Trinajstić information content (AvgIpc) is 0.918. The second-order valence-corrected chi connectivity index (χ2v) is 3.75. The first-order chi connectivity index (χ1) is 1.41. The third-order valence-corrected chi connectivity index (χ3v) is 0. The van der Waals surface area contributed by atoms with Gasteiger partial charge in [-0.2, -0.15) is 0 Å². The summed E-state index contributed by atoms with van der Waals surface area (Å²) in [6, 6.07) is 0. The van der Waals surface area contributed by atoms with E-state index in [0.717, 1.165) is 0 Å². The predicted molar refractivity (Wildman–Crippen MR) is 27.4 cm³/mol. The van der Waals surface area contributed by atoms with Crippen molar-refractivity contribution in [3.8, 4) is 0 Å². The Hall–Kier alpha value is 1.90. The Kier molecular flexibility index (Phi) is 20.6. The molecular weight excluding hydrogens is 122 g/mol. The number of halogens is 2. The normalized spacial score (nSPS) is 2.50. The summed E-state index contributed by atoms with van der Waals surface area (Å²) in [6.45, 7) is 0. The van der Waals surface area contributed by atoms with Gasteiger partial charge in [-0.25, -0.2) is 0 Å². The van der Waals surface area contributed by atoms with Gasteiger partial charge >= 0.3 is 43.6 Å². The molecule has 0 spiro atoms.